The first-order chi connectivity index (χ1) is 11.5. The lowest BCUT2D eigenvalue weighted by atomic mass is 9.91. The van der Waals surface area contributed by atoms with Crippen LogP contribution in [0.3, 0.4) is 0 Å². The normalized spacial score (nSPS) is 22.1. The van der Waals surface area contributed by atoms with Crippen LogP contribution >= 0.6 is 0 Å². The Morgan fingerprint density at radius 2 is 1.96 bits per heavy atom. The molecule has 1 aliphatic rings. The smallest absolute Gasteiger partial charge is 0.211 e. The predicted octanol–water partition coefficient (Wildman–Crippen LogP) is 2.70. The highest BCUT2D eigenvalue weighted by Gasteiger charge is 2.26. The van der Waals surface area contributed by atoms with E-state index in [9.17, 15) is 8.42 Å². The number of aryl methyl sites for hydroxylation is 1. The monoisotopic (exact) mass is 349 g/mol. The minimum absolute atomic E-state index is 0.0620. The Morgan fingerprint density at radius 1 is 1.21 bits per heavy atom. The Labute approximate surface area is 144 Å². The summed E-state index contributed by atoms with van der Waals surface area (Å²) in [5, 5.41) is 1.28. The number of nitrogens with zero attached hydrogens (tertiary/aromatic N) is 1. The predicted molar refractivity (Wildman–Crippen MR) is 98.6 cm³/mol. The summed E-state index contributed by atoms with van der Waals surface area (Å²) in [5.41, 5.74) is 8.01. The van der Waals surface area contributed by atoms with Crippen molar-refractivity contribution in [3.63, 3.8) is 0 Å². The quantitative estimate of drug-likeness (QED) is 0.842. The Morgan fingerprint density at radius 3 is 2.67 bits per heavy atom. The van der Waals surface area contributed by atoms with E-state index in [1.165, 1.54) is 16.5 Å². The van der Waals surface area contributed by atoms with Crippen molar-refractivity contribution >= 4 is 20.9 Å². The van der Waals surface area contributed by atoms with Crippen molar-refractivity contribution in [1.82, 2.24) is 9.29 Å². The Balaban J connectivity index is 1.65. The zero-order valence-electron chi connectivity index (χ0n) is 14.2. The molecule has 0 amide bonds. The minimum Gasteiger partial charge on any atom is -0.344 e. The van der Waals surface area contributed by atoms with Crippen molar-refractivity contribution in [2.24, 2.45) is 5.73 Å². The Bertz CT molecular complexity index is 790. The van der Waals surface area contributed by atoms with Crippen molar-refractivity contribution in [3.8, 4) is 0 Å². The summed E-state index contributed by atoms with van der Waals surface area (Å²) in [6.45, 7) is 2.56. The van der Waals surface area contributed by atoms with Crippen LogP contribution in [0.25, 0.3) is 10.9 Å². The summed E-state index contributed by atoms with van der Waals surface area (Å²) < 4.78 is 29.3. The second-order valence-electron chi connectivity index (χ2n) is 6.82. The second kappa shape index (κ2) is 7.25. The van der Waals surface area contributed by atoms with E-state index in [0.717, 1.165) is 25.7 Å². The van der Waals surface area contributed by atoms with E-state index in [1.807, 2.05) is 0 Å². The molecule has 0 radical (unpaired) electrons. The van der Waals surface area contributed by atoms with Gasteiger partial charge in [0.1, 0.15) is 0 Å². The van der Waals surface area contributed by atoms with Gasteiger partial charge >= 0.3 is 0 Å². The van der Waals surface area contributed by atoms with Crippen LogP contribution in [0, 0.1) is 6.92 Å². The first kappa shape index (κ1) is 17.5. The molecule has 6 heteroatoms. The molecule has 2 aromatic rings. The van der Waals surface area contributed by atoms with Gasteiger partial charge in [-0.05, 0) is 62.6 Å². The maximum Gasteiger partial charge on any atom is 0.211 e. The van der Waals surface area contributed by atoms with E-state index >= 15 is 0 Å². The lowest BCUT2D eigenvalue weighted by molar-refractivity contribution is 0.316. The molecule has 0 spiro atoms. The Hall–Kier alpha value is -1.37. The number of aromatic nitrogens is 1. The molecule has 3 rings (SSSR count). The van der Waals surface area contributed by atoms with E-state index < -0.39 is 10.0 Å². The summed E-state index contributed by atoms with van der Waals surface area (Å²) in [4.78, 5) is 0. The van der Waals surface area contributed by atoms with E-state index in [1.54, 1.807) is 0 Å². The lowest BCUT2D eigenvalue weighted by Crippen LogP contribution is -2.39. The highest BCUT2D eigenvalue weighted by atomic mass is 32.2. The average Bonchev–Trinajstić information content (AvgIpc) is 2.99. The van der Waals surface area contributed by atoms with Crippen molar-refractivity contribution in [1.29, 1.82) is 0 Å². The number of hydrogen-bond acceptors (Lipinski definition) is 3. The molecule has 1 fully saturated rings. The molecule has 0 saturated heterocycles. The summed E-state index contributed by atoms with van der Waals surface area (Å²) in [6, 6.07) is 9.07. The highest BCUT2D eigenvalue weighted by Crippen LogP contribution is 2.33. The third-order valence-corrected chi connectivity index (χ3v) is 6.51. The zero-order chi connectivity index (χ0) is 17.2. The van der Waals surface area contributed by atoms with Gasteiger partial charge < -0.3 is 10.3 Å². The van der Waals surface area contributed by atoms with Gasteiger partial charge in [-0.15, -0.1) is 0 Å². The van der Waals surface area contributed by atoms with Crippen LogP contribution in [0.4, 0.5) is 0 Å². The molecule has 0 atom stereocenters. The molecule has 0 unspecified atom stereocenters. The zero-order valence-corrected chi connectivity index (χ0v) is 15.1. The summed E-state index contributed by atoms with van der Waals surface area (Å²) in [7, 11) is -3.19. The van der Waals surface area contributed by atoms with Gasteiger partial charge in [0.15, 0.2) is 0 Å². The fourth-order valence-corrected chi connectivity index (χ4v) is 5.17. The van der Waals surface area contributed by atoms with Crippen molar-refractivity contribution in [2.75, 3.05) is 12.3 Å². The number of hydrogen-bond donors (Lipinski definition) is 2. The Kier molecular flexibility index (Phi) is 5.27. The van der Waals surface area contributed by atoms with E-state index in [-0.39, 0.29) is 11.8 Å². The van der Waals surface area contributed by atoms with Crippen LogP contribution in [0.1, 0.15) is 43.7 Å². The van der Waals surface area contributed by atoms with Crippen molar-refractivity contribution in [3.05, 3.63) is 36.0 Å². The van der Waals surface area contributed by atoms with Crippen LogP contribution in [0.15, 0.2) is 30.5 Å². The van der Waals surface area contributed by atoms with Crippen LogP contribution in [-0.2, 0) is 10.0 Å². The number of sulfonamides is 1. The number of nitrogens with one attached hydrogen (secondary N) is 1. The third-order valence-electron chi connectivity index (χ3n) is 5.00. The lowest BCUT2D eigenvalue weighted by Gasteiger charge is -2.30. The standard InChI is InChI=1S/C18H27N3O2S/c1-14-4-2-5-15-10-12-21(18(14)15)17-8-6-16(7-9-17)20-24(22,23)13-3-11-19/h2,4-5,10,12,16-17,20H,3,6-9,11,13,19H2,1H3. The van der Waals surface area contributed by atoms with Crippen LogP contribution < -0.4 is 10.5 Å². The molecule has 1 heterocycles. The minimum atomic E-state index is -3.19. The number of nitrogens with two attached hydrogens (primary N) is 1. The van der Waals surface area contributed by atoms with Crippen LogP contribution in [-0.4, -0.2) is 31.3 Å². The van der Waals surface area contributed by atoms with Gasteiger partial charge in [-0.1, -0.05) is 18.2 Å². The molecule has 5 nitrogen and oxygen atoms in total. The molecular formula is C18H27N3O2S. The molecule has 0 aliphatic heterocycles. The molecule has 1 aromatic heterocycles. The van der Waals surface area contributed by atoms with Crippen molar-refractivity contribution < 1.29 is 8.42 Å². The molecule has 1 saturated carbocycles. The summed E-state index contributed by atoms with van der Waals surface area (Å²) in [5.74, 6) is 0.130. The van der Waals surface area contributed by atoms with Crippen molar-refractivity contribution in [2.45, 2.75) is 51.1 Å². The van der Waals surface area contributed by atoms with Gasteiger partial charge in [-0.25, -0.2) is 13.1 Å². The summed E-state index contributed by atoms with van der Waals surface area (Å²) >= 11 is 0. The first-order valence-corrected chi connectivity index (χ1v) is 10.4. The number of rotatable bonds is 6. The molecule has 132 valence electrons. The van der Waals surface area contributed by atoms with E-state index in [0.29, 0.717) is 19.0 Å². The van der Waals surface area contributed by atoms with Gasteiger partial charge in [-0.2, -0.15) is 0 Å². The number of fused-ring (bicyclic) bond motifs is 1. The topological polar surface area (TPSA) is 77.1 Å². The van der Waals surface area contributed by atoms with Gasteiger partial charge in [0, 0.05) is 18.3 Å². The molecular weight excluding hydrogens is 322 g/mol. The largest absolute Gasteiger partial charge is 0.344 e. The van der Waals surface area contributed by atoms with E-state index in [4.69, 9.17) is 5.73 Å². The third kappa shape index (κ3) is 3.82. The number of para-hydroxylation sites is 1. The molecule has 3 N–H and O–H groups in total. The fourth-order valence-electron chi connectivity index (χ4n) is 3.77. The molecule has 0 bridgehead atoms. The average molecular weight is 350 g/mol. The van der Waals surface area contributed by atoms with Gasteiger partial charge in [-0.3, -0.25) is 0 Å². The molecule has 1 aliphatic carbocycles. The second-order valence-corrected chi connectivity index (χ2v) is 8.69. The van der Waals surface area contributed by atoms with Crippen LogP contribution in [0.2, 0.25) is 0 Å². The highest BCUT2D eigenvalue weighted by molar-refractivity contribution is 7.89. The van der Waals surface area contributed by atoms with Gasteiger partial charge in [0.2, 0.25) is 10.0 Å². The maximum atomic E-state index is 12.0. The SMILES string of the molecule is Cc1cccc2ccn(C3CCC(NS(=O)(=O)CCCN)CC3)c12. The number of benzene rings is 1. The van der Waals surface area contributed by atoms with Gasteiger partial charge in [0.25, 0.3) is 0 Å². The molecule has 1 aromatic carbocycles. The first-order valence-electron chi connectivity index (χ1n) is 8.76. The van der Waals surface area contributed by atoms with Gasteiger partial charge in [0.05, 0.1) is 11.3 Å². The van der Waals surface area contributed by atoms with Crippen LogP contribution in [0.5, 0.6) is 0 Å². The summed E-state index contributed by atoms with van der Waals surface area (Å²) in [6.07, 6.45) is 6.47. The fraction of sp³-hybridized carbons (Fsp3) is 0.556. The van der Waals surface area contributed by atoms with E-state index in [2.05, 4.69) is 46.7 Å². The maximum absolute atomic E-state index is 12.0. The molecule has 24 heavy (non-hydrogen) atoms.